The third-order valence-electron chi connectivity index (χ3n) is 4.88. The lowest BCUT2D eigenvalue weighted by Crippen LogP contribution is -2.43. The highest BCUT2D eigenvalue weighted by molar-refractivity contribution is 7.84. The van der Waals surface area contributed by atoms with Gasteiger partial charge >= 0.3 is 0 Å². The molecule has 1 saturated heterocycles. The molecule has 0 spiro atoms. The van der Waals surface area contributed by atoms with Crippen LogP contribution in [-0.2, 0) is 16.6 Å². The van der Waals surface area contributed by atoms with Crippen LogP contribution in [0.25, 0.3) is 0 Å². The zero-order valence-corrected chi connectivity index (χ0v) is 17.3. The molecular formula is C20H34N4OS. The Balaban J connectivity index is 1.85. The van der Waals surface area contributed by atoms with E-state index < -0.39 is 10.8 Å². The minimum Gasteiger partial charge on any atom is -0.357 e. The summed E-state index contributed by atoms with van der Waals surface area (Å²) < 4.78 is 12.3. The van der Waals surface area contributed by atoms with E-state index in [2.05, 4.69) is 35.9 Å². The molecule has 6 heteroatoms. The summed E-state index contributed by atoms with van der Waals surface area (Å²) in [5, 5.41) is 3.40. The molecule has 2 atom stereocenters. The van der Waals surface area contributed by atoms with Crippen LogP contribution in [0.15, 0.2) is 35.3 Å². The van der Waals surface area contributed by atoms with Crippen LogP contribution in [0.2, 0.25) is 0 Å². The van der Waals surface area contributed by atoms with Gasteiger partial charge in [0.2, 0.25) is 0 Å². The number of hydrogen-bond donors (Lipinski definition) is 1. The van der Waals surface area contributed by atoms with Gasteiger partial charge < -0.3 is 10.2 Å². The number of guanidine groups is 1. The van der Waals surface area contributed by atoms with Crippen molar-refractivity contribution in [3.05, 3.63) is 35.9 Å². The van der Waals surface area contributed by atoms with Gasteiger partial charge in [-0.3, -0.25) is 14.1 Å². The van der Waals surface area contributed by atoms with Crippen LogP contribution >= 0.6 is 0 Å². The van der Waals surface area contributed by atoms with Crippen LogP contribution in [0.5, 0.6) is 0 Å². The van der Waals surface area contributed by atoms with Crippen molar-refractivity contribution in [2.45, 2.75) is 39.0 Å². The second-order valence-electron chi connectivity index (χ2n) is 6.62. The van der Waals surface area contributed by atoms with Gasteiger partial charge in [-0.25, -0.2) is 0 Å². The normalized spacial score (nSPS) is 19.2. The largest absolute Gasteiger partial charge is 0.357 e. The topological polar surface area (TPSA) is 47.9 Å². The molecular weight excluding hydrogens is 344 g/mol. The molecule has 1 aromatic rings. The standard InChI is InChI=1S/C20H34N4OS/c1-4-21-20(24-14-12-19(16-24)23(5-2)6-3)22-13-15-26(25)17-18-10-8-7-9-11-18/h7-11,19H,4-6,12-17H2,1-3H3,(H,21,22). The minimum atomic E-state index is -0.872. The molecule has 0 amide bonds. The SMILES string of the molecule is CCNC(=NCCS(=O)Cc1ccccc1)N1CCC(N(CC)CC)C1. The van der Waals surface area contributed by atoms with Crippen molar-refractivity contribution in [3.8, 4) is 0 Å². The Morgan fingerprint density at radius 2 is 2.00 bits per heavy atom. The lowest BCUT2D eigenvalue weighted by atomic mass is 10.2. The molecule has 1 heterocycles. The zero-order valence-electron chi connectivity index (χ0n) is 16.5. The van der Waals surface area contributed by atoms with Crippen molar-refractivity contribution in [1.29, 1.82) is 0 Å². The molecule has 0 saturated carbocycles. The van der Waals surface area contributed by atoms with E-state index in [0.717, 1.165) is 44.2 Å². The van der Waals surface area contributed by atoms with Crippen LogP contribution in [0.3, 0.4) is 0 Å². The molecule has 26 heavy (non-hydrogen) atoms. The first kappa shape index (κ1) is 20.9. The highest BCUT2D eigenvalue weighted by Gasteiger charge is 2.27. The molecule has 1 fully saturated rings. The van der Waals surface area contributed by atoms with Crippen molar-refractivity contribution >= 4 is 16.8 Å². The number of hydrogen-bond acceptors (Lipinski definition) is 3. The average molecular weight is 379 g/mol. The van der Waals surface area contributed by atoms with Gasteiger partial charge in [0, 0.05) is 48.0 Å². The Morgan fingerprint density at radius 3 is 2.65 bits per heavy atom. The van der Waals surface area contributed by atoms with E-state index in [1.54, 1.807) is 0 Å². The molecule has 146 valence electrons. The first-order chi connectivity index (χ1) is 12.7. The summed E-state index contributed by atoms with van der Waals surface area (Å²) in [4.78, 5) is 9.62. The highest BCUT2D eigenvalue weighted by Crippen LogP contribution is 2.15. The summed E-state index contributed by atoms with van der Waals surface area (Å²) in [5.74, 6) is 2.19. The van der Waals surface area contributed by atoms with Crippen LogP contribution in [-0.4, -0.2) is 71.0 Å². The average Bonchev–Trinajstić information content (AvgIpc) is 3.12. The van der Waals surface area contributed by atoms with E-state index in [4.69, 9.17) is 4.99 Å². The minimum absolute atomic E-state index is 0.605. The Kier molecular flexibility index (Phi) is 9.12. The number of likely N-dealkylation sites (tertiary alicyclic amines) is 1. The van der Waals surface area contributed by atoms with Crippen molar-refractivity contribution in [3.63, 3.8) is 0 Å². The maximum atomic E-state index is 12.3. The van der Waals surface area contributed by atoms with E-state index in [1.807, 2.05) is 30.3 Å². The molecule has 1 aromatic carbocycles. The van der Waals surface area contributed by atoms with Crippen molar-refractivity contribution in [2.75, 3.05) is 45.0 Å². The maximum absolute atomic E-state index is 12.3. The number of benzene rings is 1. The summed E-state index contributed by atoms with van der Waals surface area (Å²) in [6.07, 6.45) is 1.19. The molecule has 2 unspecified atom stereocenters. The molecule has 5 nitrogen and oxygen atoms in total. The quantitative estimate of drug-likeness (QED) is 0.529. The Morgan fingerprint density at radius 1 is 1.27 bits per heavy atom. The number of likely N-dealkylation sites (N-methyl/N-ethyl adjacent to an activating group) is 1. The molecule has 1 aliphatic rings. The Labute approximate surface area is 161 Å². The fourth-order valence-corrected chi connectivity index (χ4v) is 4.49. The van der Waals surface area contributed by atoms with Gasteiger partial charge in [-0.2, -0.15) is 0 Å². The van der Waals surface area contributed by atoms with Crippen LogP contribution < -0.4 is 5.32 Å². The van der Waals surface area contributed by atoms with Crippen LogP contribution in [0.1, 0.15) is 32.8 Å². The zero-order chi connectivity index (χ0) is 18.8. The summed E-state index contributed by atoms with van der Waals surface area (Å²) >= 11 is 0. The molecule has 0 aliphatic carbocycles. The molecule has 0 bridgehead atoms. The predicted molar refractivity (Wildman–Crippen MR) is 112 cm³/mol. The second kappa shape index (κ2) is 11.3. The van der Waals surface area contributed by atoms with Gasteiger partial charge in [0.05, 0.1) is 6.54 Å². The van der Waals surface area contributed by atoms with Gasteiger partial charge in [-0.15, -0.1) is 0 Å². The first-order valence-electron chi connectivity index (χ1n) is 9.84. The smallest absolute Gasteiger partial charge is 0.193 e. The number of aliphatic imine (C=N–C) groups is 1. The van der Waals surface area contributed by atoms with Crippen molar-refractivity contribution < 1.29 is 4.21 Å². The highest BCUT2D eigenvalue weighted by atomic mass is 32.2. The molecule has 1 aliphatic heterocycles. The van der Waals surface area contributed by atoms with Gasteiger partial charge in [-0.1, -0.05) is 44.2 Å². The van der Waals surface area contributed by atoms with E-state index in [1.165, 1.54) is 6.42 Å². The van der Waals surface area contributed by atoms with Gasteiger partial charge in [0.25, 0.3) is 0 Å². The van der Waals surface area contributed by atoms with Gasteiger partial charge in [0.15, 0.2) is 5.96 Å². The summed E-state index contributed by atoms with van der Waals surface area (Å²) in [5.41, 5.74) is 1.13. The molecule has 0 radical (unpaired) electrons. The van der Waals surface area contributed by atoms with E-state index in [9.17, 15) is 4.21 Å². The number of nitrogens with zero attached hydrogens (tertiary/aromatic N) is 3. The molecule has 2 rings (SSSR count). The third-order valence-corrected chi connectivity index (χ3v) is 6.17. The predicted octanol–water partition coefficient (Wildman–Crippen LogP) is 2.32. The molecule has 1 N–H and O–H groups in total. The fraction of sp³-hybridized carbons (Fsp3) is 0.650. The van der Waals surface area contributed by atoms with E-state index >= 15 is 0 Å². The van der Waals surface area contributed by atoms with E-state index in [-0.39, 0.29) is 0 Å². The monoisotopic (exact) mass is 378 g/mol. The fourth-order valence-electron chi connectivity index (χ4n) is 3.48. The number of nitrogens with one attached hydrogen (secondary N) is 1. The molecule has 0 aromatic heterocycles. The Bertz CT molecular complexity index is 574. The van der Waals surface area contributed by atoms with Gasteiger partial charge in [-0.05, 0) is 32.0 Å². The van der Waals surface area contributed by atoms with Crippen LogP contribution in [0.4, 0.5) is 0 Å². The lowest BCUT2D eigenvalue weighted by Gasteiger charge is -2.27. The Hall–Kier alpha value is -1.40. The lowest BCUT2D eigenvalue weighted by molar-refractivity contribution is 0.223. The maximum Gasteiger partial charge on any atom is 0.193 e. The summed E-state index contributed by atoms with van der Waals surface area (Å²) in [6.45, 7) is 12.3. The van der Waals surface area contributed by atoms with Crippen LogP contribution in [0, 0.1) is 0 Å². The van der Waals surface area contributed by atoms with Crippen molar-refractivity contribution in [1.82, 2.24) is 15.1 Å². The first-order valence-corrected chi connectivity index (χ1v) is 11.3. The summed E-state index contributed by atoms with van der Waals surface area (Å²) in [6, 6.07) is 10.6. The van der Waals surface area contributed by atoms with Gasteiger partial charge in [0.1, 0.15) is 0 Å². The van der Waals surface area contributed by atoms with Crippen molar-refractivity contribution in [2.24, 2.45) is 4.99 Å². The number of rotatable bonds is 9. The summed E-state index contributed by atoms with van der Waals surface area (Å²) in [7, 11) is -0.872. The van der Waals surface area contributed by atoms with E-state index in [0.29, 0.717) is 24.1 Å². The second-order valence-corrected chi connectivity index (χ2v) is 8.20. The third kappa shape index (κ3) is 6.40.